The Balaban J connectivity index is 1.22. The molecule has 2 aromatic rings. The highest BCUT2D eigenvalue weighted by Gasteiger charge is 2.78. The van der Waals surface area contributed by atoms with E-state index in [-0.39, 0.29) is 24.5 Å². The third-order valence-corrected chi connectivity index (χ3v) is 11.8. The van der Waals surface area contributed by atoms with Crippen LogP contribution >= 0.6 is 0 Å². The van der Waals surface area contributed by atoms with Gasteiger partial charge in [0.15, 0.2) is 17.7 Å². The number of carbonyl (C=O) groups is 4. The number of hydrogen-bond acceptors (Lipinski definition) is 9. The molecule has 1 aromatic carbocycles. The van der Waals surface area contributed by atoms with Crippen LogP contribution in [0.25, 0.3) is 10.9 Å². The standard InChI is InChI=1S/C33H36N2O9/c1-29(2)28-21(36)15-22-32(42-28,44-29)12-11-30(3)31(4)17(13-19-18-7-5-6-8-20(18)34-27(19)31)14-23(33(22,30)40)41-16-26(39)43-35-24(37)9-10-25(35)38/h5-8,15,17,23,28,34,40H,9-14,16H2,1-4H3/t17-,23+,28+,30-,31-,32?,33+/m1/s1. The Labute approximate surface area is 253 Å². The van der Waals surface area contributed by atoms with Gasteiger partial charge in [0.2, 0.25) is 0 Å². The van der Waals surface area contributed by atoms with Crippen molar-refractivity contribution in [2.45, 2.75) is 101 Å². The van der Waals surface area contributed by atoms with Crippen LogP contribution in [0.2, 0.25) is 0 Å². The van der Waals surface area contributed by atoms with E-state index in [1.807, 2.05) is 32.9 Å². The summed E-state index contributed by atoms with van der Waals surface area (Å²) in [5, 5.41) is 14.9. The number of ketones is 1. The lowest BCUT2D eigenvalue weighted by molar-refractivity contribution is -0.281. The van der Waals surface area contributed by atoms with Crippen LogP contribution in [0.3, 0.4) is 0 Å². The molecule has 2 amide bonds. The van der Waals surface area contributed by atoms with Crippen molar-refractivity contribution in [1.82, 2.24) is 10.0 Å². The monoisotopic (exact) mass is 604 g/mol. The van der Waals surface area contributed by atoms with Crippen molar-refractivity contribution in [2.24, 2.45) is 11.3 Å². The molecule has 7 atom stereocenters. The van der Waals surface area contributed by atoms with Crippen LogP contribution in [0.4, 0.5) is 0 Å². The summed E-state index contributed by atoms with van der Waals surface area (Å²) >= 11 is 0. The van der Waals surface area contributed by atoms with E-state index in [0.29, 0.717) is 29.9 Å². The average molecular weight is 605 g/mol. The van der Waals surface area contributed by atoms with Crippen LogP contribution in [-0.4, -0.2) is 74.5 Å². The van der Waals surface area contributed by atoms with Gasteiger partial charge in [-0.2, -0.15) is 0 Å². The predicted molar refractivity (Wildman–Crippen MR) is 153 cm³/mol. The first-order valence-corrected chi connectivity index (χ1v) is 15.4. The van der Waals surface area contributed by atoms with Gasteiger partial charge in [0.25, 0.3) is 11.8 Å². The molecule has 0 radical (unpaired) electrons. The summed E-state index contributed by atoms with van der Waals surface area (Å²) < 4.78 is 19.2. The lowest BCUT2D eigenvalue weighted by atomic mass is 9.41. The number of amides is 2. The zero-order chi connectivity index (χ0) is 31.0. The number of hydroxylamine groups is 2. The number of H-pyrrole nitrogens is 1. The van der Waals surface area contributed by atoms with Gasteiger partial charge in [-0.15, -0.1) is 5.06 Å². The lowest BCUT2D eigenvalue weighted by Gasteiger charge is -2.67. The van der Waals surface area contributed by atoms with E-state index in [2.05, 4.69) is 24.0 Å². The second-order valence-electron chi connectivity index (χ2n) is 14.2. The Hall–Kier alpha value is -3.38. The maximum Gasteiger partial charge on any atom is 0.358 e. The van der Waals surface area contributed by atoms with Gasteiger partial charge in [-0.05, 0) is 56.7 Å². The molecule has 1 unspecified atom stereocenters. The smallest absolute Gasteiger partial charge is 0.358 e. The second kappa shape index (κ2) is 8.66. The van der Waals surface area contributed by atoms with Crippen molar-refractivity contribution < 1.29 is 43.3 Å². The van der Waals surface area contributed by atoms with Crippen LogP contribution in [0.5, 0.6) is 0 Å². The minimum absolute atomic E-state index is 0.0234. The molecule has 2 saturated carbocycles. The van der Waals surface area contributed by atoms with Crippen LogP contribution in [0.15, 0.2) is 35.9 Å². The van der Waals surface area contributed by atoms with Gasteiger partial charge >= 0.3 is 5.97 Å². The molecule has 2 bridgehead atoms. The second-order valence-corrected chi connectivity index (χ2v) is 14.2. The molecule has 3 aliphatic carbocycles. The Bertz CT molecular complexity index is 1690. The summed E-state index contributed by atoms with van der Waals surface area (Å²) in [4.78, 5) is 59.2. The van der Waals surface area contributed by atoms with Crippen LogP contribution in [-0.2, 0) is 50.1 Å². The maximum atomic E-state index is 13.5. The fourth-order valence-corrected chi connectivity index (χ4v) is 9.54. The third kappa shape index (κ3) is 3.25. The predicted octanol–water partition coefficient (Wildman–Crippen LogP) is 2.92. The maximum absolute atomic E-state index is 13.5. The van der Waals surface area contributed by atoms with E-state index >= 15 is 0 Å². The SMILES string of the molecule is CC1(C)OC23CC[C@]4(C)[C@@]5(C)c6[nH]c7ccccc7c6C[C@@H]5C[C@H](OCC(=O)ON5C(=O)CCC5=O)[C@@]4(O)C2=CC(=O)[C@@H]1O3. The van der Waals surface area contributed by atoms with Crippen molar-refractivity contribution in [3.8, 4) is 0 Å². The minimum Gasteiger partial charge on any atom is -0.382 e. The molecule has 44 heavy (non-hydrogen) atoms. The number of fused-ring (bicyclic) bond motifs is 9. The number of rotatable bonds is 4. The molecule has 8 rings (SSSR count). The first-order chi connectivity index (χ1) is 20.7. The molecule has 4 heterocycles. The molecule has 2 saturated heterocycles. The Kier molecular flexibility index (Phi) is 5.53. The van der Waals surface area contributed by atoms with Gasteiger partial charge < -0.3 is 29.1 Å². The summed E-state index contributed by atoms with van der Waals surface area (Å²) in [7, 11) is 0. The molecule has 3 aliphatic heterocycles. The number of aromatic nitrogens is 1. The summed E-state index contributed by atoms with van der Waals surface area (Å²) in [5.41, 5.74) is -0.551. The van der Waals surface area contributed by atoms with Crippen molar-refractivity contribution in [2.75, 3.05) is 6.61 Å². The molecule has 1 spiro atoms. The number of carbonyl (C=O) groups excluding carboxylic acids is 4. The Morgan fingerprint density at radius 3 is 2.57 bits per heavy atom. The van der Waals surface area contributed by atoms with Crippen LogP contribution in [0.1, 0.15) is 71.1 Å². The molecular formula is C33H36N2O9. The minimum atomic E-state index is -1.80. The summed E-state index contributed by atoms with van der Waals surface area (Å²) in [6.45, 7) is 7.25. The fraction of sp³-hybridized carbons (Fsp3) is 0.576. The van der Waals surface area contributed by atoms with Crippen molar-refractivity contribution >= 4 is 34.5 Å². The third-order valence-electron chi connectivity index (χ3n) is 11.8. The van der Waals surface area contributed by atoms with E-state index < -0.39 is 64.4 Å². The quantitative estimate of drug-likeness (QED) is 0.504. The van der Waals surface area contributed by atoms with Gasteiger partial charge in [0, 0.05) is 52.3 Å². The summed E-state index contributed by atoms with van der Waals surface area (Å²) in [6, 6.07) is 8.17. The number of hydrogen-bond donors (Lipinski definition) is 2. The number of nitrogens with zero attached hydrogens (tertiary/aromatic N) is 1. The lowest BCUT2D eigenvalue weighted by Crippen LogP contribution is -2.74. The molecule has 232 valence electrons. The van der Waals surface area contributed by atoms with Crippen LogP contribution in [0, 0.1) is 11.3 Å². The number of benzene rings is 1. The molecule has 4 fully saturated rings. The van der Waals surface area contributed by atoms with E-state index in [1.54, 1.807) is 0 Å². The normalized spacial score (nSPS) is 40.0. The topological polar surface area (TPSA) is 144 Å². The highest BCUT2D eigenvalue weighted by atomic mass is 16.8. The van der Waals surface area contributed by atoms with Crippen molar-refractivity contribution in [1.29, 1.82) is 0 Å². The van der Waals surface area contributed by atoms with E-state index in [1.165, 1.54) is 11.6 Å². The summed E-state index contributed by atoms with van der Waals surface area (Å²) in [5.74, 6) is -3.68. The van der Waals surface area contributed by atoms with Gasteiger partial charge in [0.1, 0.15) is 17.8 Å². The number of aromatic amines is 1. The van der Waals surface area contributed by atoms with Gasteiger partial charge in [0.05, 0.1) is 6.10 Å². The number of aliphatic hydroxyl groups is 1. The molecule has 11 nitrogen and oxygen atoms in total. The van der Waals surface area contributed by atoms with Crippen molar-refractivity contribution in [3.05, 3.63) is 47.2 Å². The van der Waals surface area contributed by atoms with E-state index in [9.17, 15) is 24.3 Å². The highest BCUT2D eigenvalue weighted by molar-refractivity contribution is 6.01. The van der Waals surface area contributed by atoms with E-state index in [4.69, 9.17) is 19.0 Å². The molecular weight excluding hydrogens is 568 g/mol. The van der Waals surface area contributed by atoms with Crippen LogP contribution < -0.4 is 0 Å². The molecule has 1 aromatic heterocycles. The molecule has 11 heteroatoms. The Morgan fingerprint density at radius 1 is 1.09 bits per heavy atom. The van der Waals surface area contributed by atoms with Crippen molar-refractivity contribution in [3.63, 3.8) is 0 Å². The van der Waals surface area contributed by atoms with Gasteiger partial charge in [-0.1, -0.05) is 32.0 Å². The summed E-state index contributed by atoms with van der Waals surface area (Å²) in [6.07, 6.45) is 1.70. The Morgan fingerprint density at radius 2 is 1.82 bits per heavy atom. The molecule has 6 aliphatic rings. The van der Waals surface area contributed by atoms with E-state index in [0.717, 1.165) is 23.0 Å². The number of para-hydroxylation sites is 1. The zero-order valence-electron chi connectivity index (χ0n) is 25.2. The first kappa shape index (κ1) is 28.1. The zero-order valence-corrected chi connectivity index (χ0v) is 25.2. The van der Waals surface area contributed by atoms with Gasteiger partial charge in [-0.3, -0.25) is 14.4 Å². The fourth-order valence-electron chi connectivity index (χ4n) is 9.54. The van der Waals surface area contributed by atoms with Gasteiger partial charge in [-0.25, -0.2) is 4.79 Å². The largest absolute Gasteiger partial charge is 0.382 e. The number of ether oxygens (including phenoxy) is 3. The molecule has 2 N–H and O–H groups in total. The first-order valence-electron chi connectivity index (χ1n) is 15.4. The number of nitrogens with one attached hydrogen (secondary N) is 1. The highest BCUT2D eigenvalue weighted by Crippen LogP contribution is 2.72. The average Bonchev–Trinajstić information content (AvgIpc) is 3.66. The number of imide groups is 1.